The highest BCUT2D eigenvalue weighted by molar-refractivity contribution is 7.90. The van der Waals surface area contributed by atoms with Gasteiger partial charge < -0.3 is 0 Å². The lowest BCUT2D eigenvalue weighted by atomic mass is 10.1. The number of rotatable bonds is 4. The number of anilines is 1. The number of carbonyl (C=O) groups is 1. The predicted molar refractivity (Wildman–Crippen MR) is 125 cm³/mol. The number of thiazole rings is 1. The first-order chi connectivity index (χ1) is 15.6. The first kappa shape index (κ1) is 21.2. The van der Waals surface area contributed by atoms with Gasteiger partial charge in [-0.1, -0.05) is 11.3 Å². The summed E-state index contributed by atoms with van der Waals surface area (Å²) in [5, 5.41) is 12.0. The number of nitrogens with zero attached hydrogens (tertiary/aromatic N) is 6. The van der Waals surface area contributed by atoms with Crippen molar-refractivity contribution in [2.75, 3.05) is 11.6 Å². The summed E-state index contributed by atoms with van der Waals surface area (Å²) in [6, 6.07) is 8.12. The molecule has 0 aliphatic carbocycles. The summed E-state index contributed by atoms with van der Waals surface area (Å²) < 4.78 is 27.7. The first-order valence-electron chi connectivity index (χ1n) is 9.89. The van der Waals surface area contributed by atoms with Crippen molar-refractivity contribution in [3.05, 3.63) is 53.6 Å². The molecule has 0 saturated carbocycles. The van der Waals surface area contributed by atoms with Crippen LogP contribution in [0.2, 0.25) is 0 Å². The van der Waals surface area contributed by atoms with Gasteiger partial charge in [0.2, 0.25) is 0 Å². The minimum Gasteiger partial charge on any atom is -0.296 e. The number of hydrogen-bond donors (Lipinski definition) is 1. The third-order valence-corrected chi connectivity index (χ3v) is 7.41. The van der Waals surface area contributed by atoms with E-state index in [1.54, 1.807) is 33.6 Å². The van der Waals surface area contributed by atoms with Crippen molar-refractivity contribution in [2.45, 2.75) is 18.7 Å². The van der Waals surface area contributed by atoms with Gasteiger partial charge in [0.1, 0.15) is 0 Å². The van der Waals surface area contributed by atoms with Crippen LogP contribution < -0.4 is 5.32 Å². The maximum atomic E-state index is 12.9. The van der Waals surface area contributed by atoms with E-state index in [1.807, 2.05) is 27.0 Å². The van der Waals surface area contributed by atoms with Gasteiger partial charge in [0.25, 0.3) is 5.91 Å². The molecule has 1 aromatic carbocycles. The van der Waals surface area contributed by atoms with Crippen molar-refractivity contribution >= 4 is 48.1 Å². The van der Waals surface area contributed by atoms with Crippen molar-refractivity contribution in [1.82, 2.24) is 29.4 Å². The average Bonchev–Trinajstić information content (AvgIpc) is 3.42. The van der Waals surface area contributed by atoms with Crippen LogP contribution in [0, 0.1) is 13.8 Å². The van der Waals surface area contributed by atoms with Crippen molar-refractivity contribution in [2.24, 2.45) is 7.05 Å². The lowest BCUT2D eigenvalue weighted by Gasteiger charge is -2.05. The minimum atomic E-state index is -3.33. The van der Waals surface area contributed by atoms with Crippen LogP contribution in [-0.2, 0) is 16.9 Å². The summed E-state index contributed by atoms with van der Waals surface area (Å²) in [5.41, 5.74) is 4.87. The standard InChI is InChI=1S/C21H19N7O3S2/c1-11-19(12(2)27(3)25-11)16-7-8-22-18-10-15(26-28(16)18)20(29)24-21-23-14-6-5-13(33(4,30)31)9-17(14)32-21/h5-10H,1-4H3,(H,23,24,29). The highest BCUT2D eigenvalue weighted by Crippen LogP contribution is 2.29. The molecule has 5 aromatic rings. The summed E-state index contributed by atoms with van der Waals surface area (Å²) >= 11 is 1.20. The quantitative estimate of drug-likeness (QED) is 0.418. The van der Waals surface area contributed by atoms with Gasteiger partial charge in [-0.25, -0.2) is 22.9 Å². The molecule has 4 aromatic heterocycles. The number of amides is 1. The third-order valence-electron chi connectivity index (χ3n) is 5.36. The van der Waals surface area contributed by atoms with E-state index >= 15 is 0 Å². The van der Waals surface area contributed by atoms with E-state index in [1.165, 1.54) is 17.4 Å². The van der Waals surface area contributed by atoms with Gasteiger partial charge in [-0.2, -0.15) is 10.2 Å². The molecule has 5 rings (SSSR count). The Balaban J connectivity index is 1.49. The van der Waals surface area contributed by atoms with Crippen molar-refractivity contribution in [3.8, 4) is 11.3 Å². The lowest BCUT2D eigenvalue weighted by Crippen LogP contribution is -2.12. The van der Waals surface area contributed by atoms with Gasteiger partial charge in [0.05, 0.1) is 26.5 Å². The highest BCUT2D eigenvalue weighted by Gasteiger charge is 2.19. The van der Waals surface area contributed by atoms with Crippen LogP contribution in [0.4, 0.5) is 5.13 Å². The minimum absolute atomic E-state index is 0.185. The number of benzene rings is 1. The molecule has 0 bridgehead atoms. The van der Waals surface area contributed by atoms with E-state index in [2.05, 4.69) is 25.5 Å². The molecule has 0 radical (unpaired) electrons. The Labute approximate surface area is 192 Å². The number of nitrogens with one attached hydrogen (secondary N) is 1. The highest BCUT2D eigenvalue weighted by atomic mass is 32.2. The van der Waals surface area contributed by atoms with Crippen LogP contribution >= 0.6 is 11.3 Å². The van der Waals surface area contributed by atoms with Crippen LogP contribution in [-0.4, -0.2) is 49.9 Å². The number of aryl methyl sites for hydroxylation is 2. The van der Waals surface area contributed by atoms with Crippen molar-refractivity contribution in [3.63, 3.8) is 0 Å². The maximum absolute atomic E-state index is 12.9. The van der Waals surface area contributed by atoms with Crippen LogP contribution in [0.1, 0.15) is 21.9 Å². The number of aromatic nitrogens is 6. The van der Waals surface area contributed by atoms with Gasteiger partial charge >= 0.3 is 0 Å². The molecule has 0 fully saturated rings. The molecule has 168 valence electrons. The second kappa shape index (κ2) is 7.46. The van der Waals surface area contributed by atoms with E-state index in [0.29, 0.717) is 21.0 Å². The number of fused-ring (bicyclic) bond motifs is 2. The topological polar surface area (TPSA) is 124 Å². The van der Waals surface area contributed by atoms with Gasteiger partial charge in [-0.05, 0) is 38.1 Å². The lowest BCUT2D eigenvalue weighted by molar-refractivity contribution is 0.102. The number of carbonyl (C=O) groups excluding carboxylic acids is 1. The van der Waals surface area contributed by atoms with Crippen LogP contribution in [0.5, 0.6) is 0 Å². The summed E-state index contributed by atoms with van der Waals surface area (Å²) in [7, 11) is -1.45. The molecule has 1 amide bonds. The Morgan fingerprint density at radius 3 is 2.61 bits per heavy atom. The molecule has 4 heterocycles. The zero-order valence-electron chi connectivity index (χ0n) is 18.2. The average molecular weight is 482 g/mol. The van der Waals surface area contributed by atoms with Crippen LogP contribution in [0.25, 0.3) is 27.1 Å². The van der Waals surface area contributed by atoms with Crippen molar-refractivity contribution < 1.29 is 13.2 Å². The molecule has 12 heteroatoms. The van der Waals surface area contributed by atoms with Crippen molar-refractivity contribution in [1.29, 1.82) is 0 Å². The molecule has 0 spiro atoms. The SMILES string of the molecule is Cc1nn(C)c(C)c1-c1ccnc2cc(C(=O)Nc3nc4ccc(S(C)(=O)=O)cc4s3)nn12. The Morgan fingerprint density at radius 1 is 1.12 bits per heavy atom. The molecule has 0 aliphatic rings. The molecular formula is C21H19N7O3S2. The van der Waals surface area contributed by atoms with Crippen LogP contribution in [0.3, 0.4) is 0 Å². The second-order valence-corrected chi connectivity index (χ2v) is 10.7. The van der Waals surface area contributed by atoms with Crippen LogP contribution in [0.15, 0.2) is 41.4 Å². The first-order valence-corrected chi connectivity index (χ1v) is 12.6. The van der Waals surface area contributed by atoms with Gasteiger partial charge in [0, 0.05) is 36.8 Å². The van der Waals surface area contributed by atoms with E-state index < -0.39 is 15.7 Å². The molecule has 0 atom stereocenters. The molecule has 0 saturated heterocycles. The maximum Gasteiger partial charge on any atom is 0.278 e. The molecule has 0 unspecified atom stereocenters. The van der Waals surface area contributed by atoms with Gasteiger partial charge in [-0.15, -0.1) is 0 Å². The Kier molecular flexibility index (Phi) is 4.79. The molecule has 33 heavy (non-hydrogen) atoms. The zero-order valence-corrected chi connectivity index (χ0v) is 19.8. The molecule has 0 aliphatic heterocycles. The van der Waals surface area contributed by atoms with E-state index in [4.69, 9.17) is 0 Å². The smallest absolute Gasteiger partial charge is 0.278 e. The summed E-state index contributed by atoms with van der Waals surface area (Å²) in [6.07, 6.45) is 2.82. The Bertz CT molecular complexity index is 1680. The fourth-order valence-corrected chi connectivity index (χ4v) is 5.31. The molecule has 10 nitrogen and oxygen atoms in total. The Morgan fingerprint density at radius 2 is 1.91 bits per heavy atom. The summed E-state index contributed by atoms with van der Waals surface area (Å²) in [6.45, 7) is 3.90. The predicted octanol–water partition coefficient (Wildman–Crippen LogP) is 3.01. The normalized spacial score (nSPS) is 12.0. The van der Waals surface area contributed by atoms with E-state index in [-0.39, 0.29) is 10.6 Å². The van der Waals surface area contributed by atoms with Gasteiger partial charge in [-0.3, -0.25) is 14.8 Å². The largest absolute Gasteiger partial charge is 0.296 e. The number of hydrogen-bond acceptors (Lipinski definition) is 8. The van der Waals surface area contributed by atoms with E-state index in [9.17, 15) is 13.2 Å². The monoisotopic (exact) mass is 481 g/mol. The third kappa shape index (κ3) is 3.66. The second-order valence-electron chi connectivity index (χ2n) is 7.67. The summed E-state index contributed by atoms with van der Waals surface area (Å²) in [4.78, 5) is 21.8. The fourth-order valence-electron chi connectivity index (χ4n) is 3.69. The summed E-state index contributed by atoms with van der Waals surface area (Å²) in [5.74, 6) is -0.437. The molecular weight excluding hydrogens is 462 g/mol. The molecule has 1 N–H and O–H groups in total. The zero-order chi connectivity index (χ0) is 23.5. The van der Waals surface area contributed by atoms with E-state index in [0.717, 1.165) is 28.9 Å². The number of sulfone groups is 1. The Hall–Kier alpha value is -3.64. The fraction of sp³-hybridized carbons (Fsp3) is 0.190. The van der Waals surface area contributed by atoms with Gasteiger partial charge in [0.15, 0.2) is 26.3 Å².